The van der Waals surface area contributed by atoms with E-state index in [4.69, 9.17) is 5.11 Å². The van der Waals surface area contributed by atoms with Crippen molar-refractivity contribution < 1.29 is 13.9 Å². The molecular weight excluding hydrogens is 154 g/mol. The topological polar surface area (TPSA) is 46.0 Å². The Kier molecular flexibility index (Phi) is 2.09. The van der Waals surface area contributed by atoms with Crippen molar-refractivity contribution >= 4 is 0 Å². The van der Waals surface area contributed by atoms with Crippen LogP contribution in [-0.2, 0) is 0 Å². The molecule has 0 unspecified atom stereocenters. The molecule has 5 heteroatoms. The fourth-order valence-electron chi connectivity index (χ4n) is 0.631. The fraction of sp³-hybridized carbons (Fsp3) is 0.333. The number of hydrogen-bond acceptors (Lipinski definition) is 3. The van der Waals surface area contributed by atoms with E-state index in [1.54, 1.807) is 0 Å². The minimum absolute atomic E-state index is 0.105. The Morgan fingerprint density at radius 3 is 2.64 bits per heavy atom. The van der Waals surface area contributed by atoms with Crippen LogP contribution in [0.3, 0.4) is 0 Å². The van der Waals surface area contributed by atoms with Crippen molar-refractivity contribution in [1.82, 2.24) is 9.97 Å². The third kappa shape index (κ3) is 1.68. The molecule has 0 saturated carbocycles. The largest absolute Gasteiger partial charge is 0.388 e. The summed E-state index contributed by atoms with van der Waals surface area (Å²) in [6.45, 7) is 1.35. The van der Waals surface area contributed by atoms with Crippen LogP contribution in [0.4, 0.5) is 8.78 Å². The summed E-state index contributed by atoms with van der Waals surface area (Å²) in [4.78, 5) is 5.87. The zero-order valence-electron chi connectivity index (χ0n) is 5.75. The van der Waals surface area contributed by atoms with E-state index in [1.165, 1.54) is 6.92 Å². The molecule has 0 aliphatic rings. The molecule has 0 aliphatic carbocycles. The molecule has 3 nitrogen and oxygen atoms in total. The Balaban J connectivity index is 3.09. The zero-order chi connectivity index (χ0) is 8.43. The lowest BCUT2D eigenvalue weighted by Gasteiger charge is -2.02. The second-order valence-corrected chi connectivity index (χ2v) is 2.06. The molecule has 11 heavy (non-hydrogen) atoms. The van der Waals surface area contributed by atoms with Gasteiger partial charge in [-0.05, 0) is 6.92 Å². The van der Waals surface area contributed by atoms with Crippen molar-refractivity contribution in [1.29, 1.82) is 0 Å². The first-order chi connectivity index (χ1) is 5.11. The van der Waals surface area contributed by atoms with Crippen LogP contribution in [-0.4, -0.2) is 15.1 Å². The number of aromatic nitrogens is 2. The van der Waals surface area contributed by atoms with Gasteiger partial charge in [-0.1, -0.05) is 0 Å². The number of hydrogen-bond donors (Lipinski definition) is 1. The van der Waals surface area contributed by atoms with Crippen molar-refractivity contribution in [2.24, 2.45) is 0 Å². The average Bonchev–Trinajstić information content (AvgIpc) is 1.85. The van der Waals surface area contributed by atoms with Gasteiger partial charge in [0.1, 0.15) is 0 Å². The van der Waals surface area contributed by atoms with Crippen molar-refractivity contribution in [2.75, 3.05) is 0 Å². The summed E-state index contributed by atoms with van der Waals surface area (Å²) in [5.74, 6) is -1.02. The van der Waals surface area contributed by atoms with Crippen molar-refractivity contribution in [2.45, 2.75) is 13.0 Å². The van der Waals surface area contributed by atoms with Gasteiger partial charge in [0.15, 0.2) is 0 Å². The van der Waals surface area contributed by atoms with Crippen LogP contribution in [0, 0.1) is 12.0 Å². The molecule has 0 spiro atoms. The second kappa shape index (κ2) is 2.87. The van der Waals surface area contributed by atoms with Gasteiger partial charge in [-0.25, -0.2) is 4.98 Å². The molecule has 0 aliphatic heterocycles. The predicted molar refractivity (Wildman–Crippen MR) is 32.6 cm³/mol. The third-order valence-electron chi connectivity index (χ3n) is 1.19. The summed E-state index contributed by atoms with van der Waals surface area (Å²) in [6, 6.07) is 0. The molecule has 0 aromatic carbocycles. The molecule has 60 valence electrons. The van der Waals surface area contributed by atoms with E-state index >= 15 is 0 Å². The monoisotopic (exact) mass is 160 g/mol. The SMILES string of the molecule is C[C@H](O)c1cnc(F)nc1F. The number of nitrogens with zero attached hydrogens (tertiary/aromatic N) is 2. The van der Waals surface area contributed by atoms with E-state index in [0.29, 0.717) is 0 Å². The summed E-state index contributed by atoms with van der Waals surface area (Å²) in [5, 5.41) is 8.85. The van der Waals surface area contributed by atoms with E-state index in [1.807, 2.05) is 0 Å². The van der Waals surface area contributed by atoms with Crippen LogP contribution in [0.15, 0.2) is 6.20 Å². The van der Waals surface area contributed by atoms with Crippen LogP contribution in [0.1, 0.15) is 18.6 Å². The maximum Gasteiger partial charge on any atom is 0.311 e. The molecule has 1 N–H and O–H groups in total. The van der Waals surface area contributed by atoms with E-state index in [9.17, 15) is 8.78 Å². The minimum atomic E-state index is -1.13. The maximum absolute atomic E-state index is 12.6. The summed E-state index contributed by atoms with van der Waals surface area (Å²) in [5.41, 5.74) is -0.105. The molecule has 0 saturated heterocycles. The number of halogens is 2. The van der Waals surface area contributed by atoms with Gasteiger partial charge in [0.05, 0.1) is 11.7 Å². The highest BCUT2D eigenvalue weighted by atomic mass is 19.1. The average molecular weight is 160 g/mol. The highest BCUT2D eigenvalue weighted by Gasteiger charge is 2.10. The molecule has 0 fully saturated rings. The second-order valence-electron chi connectivity index (χ2n) is 2.06. The Labute approximate surface area is 61.7 Å². The number of aliphatic hydroxyl groups excluding tert-OH is 1. The van der Waals surface area contributed by atoms with Crippen LogP contribution < -0.4 is 0 Å². The number of aliphatic hydroxyl groups is 1. The quantitative estimate of drug-likeness (QED) is 0.488. The Hall–Kier alpha value is -1.10. The van der Waals surface area contributed by atoms with Crippen molar-refractivity contribution in [3.8, 4) is 0 Å². The maximum atomic E-state index is 12.6. The van der Waals surface area contributed by atoms with Gasteiger partial charge in [-0.15, -0.1) is 0 Å². The zero-order valence-corrected chi connectivity index (χ0v) is 5.75. The van der Waals surface area contributed by atoms with Gasteiger partial charge in [0, 0.05) is 6.20 Å². The van der Waals surface area contributed by atoms with Gasteiger partial charge < -0.3 is 5.11 Å². The first-order valence-electron chi connectivity index (χ1n) is 2.97. The van der Waals surface area contributed by atoms with Gasteiger partial charge in [0.2, 0.25) is 5.95 Å². The lowest BCUT2D eigenvalue weighted by molar-refractivity contribution is 0.191. The first-order valence-corrected chi connectivity index (χ1v) is 2.97. The Morgan fingerprint density at radius 1 is 1.55 bits per heavy atom. The molecule has 1 aromatic heterocycles. The Bertz CT molecular complexity index is 265. The lowest BCUT2D eigenvalue weighted by atomic mass is 10.2. The van der Waals surface area contributed by atoms with Gasteiger partial charge >= 0.3 is 6.08 Å². The van der Waals surface area contributed by atoms with Crippen LogP contribution in [0.2, 0.25) is 0 Å². The first kappa shape index (κ1) is 8.00. The molecule has 1 rings (SSSR count). The standard InChI is InChI=1S/C6H6F2N2O/c1-3(11)4-2-9-6(8)10-5(4)7/h2-3,11H,1H3/t3-/m0/s1. The molecular formula is C6H6F2N2O. The predicted octanol–water partition coefficient (Wildman–Crippen LogP) is 0.808. The summed E-state index contributed by atoms with van der Waals surface area (Å²) < 4.78 is 24.6. The molecule has 1 aromatic rings. The molecule has 1 atom stereocenters. The summed E-state index contributed by atoms with van der Waals surface area (Å²) in [6.07, 6.45) is -1.23. The smallest absolute Gasteiger partial charge is 0.311 e. The van der Waals surface area contributed by atoms with Gasteiger partial charge in [-0.2, -0.15) is 13.8 Å². The fourth-order valence-corrected chi connectivity index (χ4v) is 0.631. The van der Waals surface area contributed by atoms with Crippen molar-refractivity contribution in [3.05, 3.63) is 23.8 Å². The van der Waals surface area contributed by atoms with E-state index in [-0.39, 0.29) is 5.56 Å². The van der Waals surface area contributed by atoms with Crippen LogP contribution >= 0.6 is 0 Å². The van der Waals surface area contributed by atoms with E-state index in [0.717, 1.165) is 6.20 Å². The highest BCUT2D eigenvalue weighted by Crippen LogP contribution is 2.12. The normalized spacial score (nSPS) is 13.1. The Morgan fingerprint density at radius 2 is 2.18 bits per heavy atom. The lowest BCUT2D eigenvalue weighted by Crippen LogP contribution is -2.02. The molecule has 0 radical (unpaired) electrons. The van der Waals surface area contributed by atoms with E-state index < -0.39 is 18.1 Å². The third-order valence-corrected chi connectivity index (χ3v) is 1.19. The summed E-state index contributed by atoms with van der Waals surface area (Å²) in [7, 11) is 0. The number of rotatable bonds is 1. The van der Waals surface area contributed by atoms with Gasteiger partial charge in [0.25, 0.3) is 0 Å². The molecule has 1 heterocycles. The van der Waals surface area contributed by atoms with Crippen molar-refractivity contribution in [3.63, 3.8) is 0 Å². The highest BCUT2D eigenvalue weighted by molar-refractivity contribution is 5.07. The van der Waals surface area contributed by atoms with Crippen LogP contribution in [0.25, 0.3) is 0 Å². The minimum Gasteiger partial charge on any atom is -0.388 e. The van der Waals surface area contributed by atoms with Gasteiger partial charge in [-0.3, -0.25) is 0 Å². The summed E-state index contributed by atoms with van der Waals surface area (Å²) >= 11 is 0. The van der Waals surface area contributed by atoms with E-state index in [2.05, 4.69) is 9.97 Å². The molecule has 0 amide bonds. The van der Waals surface area contributed by atoms with Crippen LogP contribution in [0.5, 0.6) is 0 Å². The molecule has 0 bridgehead atoms.